The van der Waals surface area contributed by atoms with Crippen molar-refractivity contribution in [3.63, 3.8) is 0 Å². The van der Waals surface area contributed by atoms with Crippen molar-refractivity contribution in [2.75, 3.05) is 32.7 Å². The Hall–Kier alpha value is -1.51. The van der Waals surface area contributed by atoms with Crippen molar-refractivity contribution in [1.82, 2.24) is 20.5 Å². The molecule has 1 saturated heterocycles. The van der Waals surface area contributed by atoms with E-state index in [1.165, 1.54) is 0 Å². The fourth-order valence-corrected chi connectivity index (χ4v) is 3.06. The topological polar surface area (TPSA) is 94.6 Å². The first-order valence-electron chi connectivity index (χ1n) is 6.95. The highest BCUT2D eigenvalue weighted by molar-refractivity contribution is 7.13. The van der Waals surface area contributed by atoms with Gasteiger partial charge in [0.05, 0.1) is 18.8 Å². The van der Waals surface area contributed by atoms with Gasteiger partial charge < -0.3 is 15.7 Å². The van der Waals surface area contributed by atoms with Gasteiger partial charge in [-0.2, -0.15) is 0 Å². The van der Waals surface area contributed by atoms with Gasteiger partial charge in [-0.05, 0) is 26.4 Å². The van der Waals surface area contributed by atoms with E-state index in [9.17, 15) is 9.59 Å². The number of amides is 1. The molecule has 2 rings (SSSR count). The molecule has 1 aromatic rings. The predicted octanol–water partition coefficient (Wildman–Crippen LogP) is 0.0612. The summed E-state index contributed by atoms with van der Waals surface area (Å²) in [6.07, 6.45) is 1.04. The number of thiazole rings is 1. The normalized spacial score (nSPS) is 16.4. The predicted molar refractivity (Wildman–Crippen MR) is 79.6 cm³/mol. The third-order valence-electron chi connectivity index (χ3n) is 3.27. The molecule has 21 heavy (non-hydrogen) atoms. The van der Waals surface area contributed by atoms with Crippen molar-refractivity contribution in [3.8, 4) is 0 Å². The number of nitrogens with zero attached hydrogens (tertiary/aromatic N) is 2. The van der Waals surface area contributed by atoms with Gasteiger partial charge in [0.1, 0.15) is 9.88 Å². The van der Waals surface area contributed by atoms with Gasteiger partial charge in [-0.25, -0.2) is 9.78 Å². The van der Waals surface area contributed by atoms with Crippen LogP contribution < -0.4 is 10.6 Å². The van der Waals surface area contributed by atoms with Gasteiger partial charge in [0.25, 0.3) is 0 Å². The van der Waals surface area contributed by atoms with E-state index in [4.69, 9.17) is 5.11 Å². The van der Waals surface area contributed by atoms with Crippen LogP contribution in [0.3, 0.4) is 0 Å². The first-order valence-corrected chi connectivity index (χ1v) is 7.77. The van der Waals surface area contributed by atoms with Gasteiger partial charge in [-0.15, -0.1) is 11.3 Å². The van der Waals surface area contributed by atoms with Gasteiger partial charge in [0.2, 0.25) is 5.91 Å². The monoisotopic (exact) mass is 312 g/mol. The summed E-state index contributed by atoms with van der Waals surface area (Å²) < 4.78 is 0. The van der Waals surface area contributed by atoms with Crippen molar-refractivity contribution >= 4 is 23.2 Å². The van der Waals surface area contributed by atoms with E-state index in [1.807, 2.05) is 0 Å². The second-order valence-corrected chi connectivity index (χ2v) is 6.07. The summed E-state index contributed by atoms with van der Waals surface area (Å²) in [6, 6.07) is 0. The van der Waals surface area contributed by atoms with Gasteiger partial charge >= 0.3 is 5.97 Å². The summed E-state index contributed by atoms with van der Waals surface area (Å²) in [6.45, 7) is 6.00. The van der Waals surface area contributed by atoms with Gasteiger partial charge in [-0.1, -0.05) is 0 Å². The molecular formula is C13H20N4O3S. The zero-order chi connectivity index (χ0) is 15.2. The van der Waals surface area contributed by atoms with Crippen LogP contribution >= 0.6 is 11.3 Å². The van der Waals surface area contributed by atoms with E-state index in [1.54, 1.807) is 6.92 Å². The molecule has 1 amide bonds. The number of aromatic nitrogens is 1. The van der Waals surface area contributed by atoms with E-state index in [-0.39, 0.29) is 17.3 Å². The smallest absolute Gasteiger partial charge is 0.347 e. The third-order valence-corrected chi connectivity index (χ3v) is 4.42. The quantitative estimate of drug-likeness (QED) is 0.712. The standard InChI is InChI=1S/C13H20N4O3S/c1-9-12(13(19)20)21-11(16-9)7-15-10(18)8-17-5-2-3-14-4-6-17/h14H,2-8H2,1H3,(H,15,18)(H,19,20). The Kier molecular flexibility index (Phi) is 5.66. The average Bonchev–Trinajstić information content (AvgIpc) is 2.63. The van der Waals surface area contributed by atoms with E-state index in [2.05, 4.69) is 20.5 Å². The highest BCUT2D eigenvalue weighted by atomic mass is 32.1. The lowest BCUT2D eigenvalue weighted by molar-refractivity contribution is -0.122. The Balaban J connectivity index is 1.80. The molecule has 1 aliphatic rings. The van der Waals surface area contributed by atoms with Crippen LogP contribution in [0.15, 0.2) is 0 Å². The lowest BCUT2D eigenvalue weighted by Crippen LogP contribution is -2.38. The van der Waals surface area contributed by atoms with Crippen LogP contribution in [0.2, 0.25) is 0 Å². The maximum Gasteiger partial charge on any atom is 0.347 e. The molecule has 1 aromatic heterocycles. The van der Waals surface area contributed by atoms with Crippen LogP contribution in [0.5, 0.6) is 0 Å². The Labute approximate surface area is 127 Å². The first kappa shape index (κ1) is 15.9. The Bertz CT molecular complexity index is 510. The molecule has 0 aromatic carbocycles. The van der Waals surface area contributed by atoms with Crippen LogP contribution in [-0.4, -0.2) is 59.6 Å². The zero-order valence-electron chi connectivity index (χ0n) is 12.0. The number of aromatic carboxylic acids is 1. The lowest BCUT2D eigenvalue weighted by atomic mass is 10.4. The highest BCUT2D eigenvalue weighted by Crippen LogP contribution is 2.17. The van der Waals surface area contributed by atoms with Gasteiger partial charge in [-0.3, -0.25) is 9.69 Å². The van der Waals surface area contributed by atoms with Gasteiger partial charge in [0.15, 0.2) is 0 Å². The average molecular weight is 312 g/mol. The van der Waals surface area contributed by atoms with Crippen molar-refractivity contribution in [2.24, 2.45) is 0 Å². The van der Waals surface area contributed by atoms with Crippen molar-refractivity contribution in [3.05, 3.63) is 15.6 Å². The summed E-state index contributed by atoms with van der Waals surface area (Å²) in [5.41, 5.74) is 0.496. The van der Waals surface area contributed by atoms with Crippen molar-refractivity contribution < 1.29 is 14.7 Å². The number of carboxylic acids is 1. The Morgan fingerprint density at radius 2 is 2.24 bits per heavy atom. The molecule has 0 spiro atoms. The minimum atomic E-state index is -0.973. The van der Waals surface area contributed by atoms with E-state index in [0.717, 1.165) is 43.9 Å². The van der Waals surface area contributed by atoms with E-state index in [0.29, 0.717) is 17.2 Å². The molecule has 3 N–H and O–H groups in total. The Morgan fingerprint density at radius 1 is 1.43 bits per heavy atom. The number of hydrogen-bond donors (Lipinski definition) is 3. The molecular weight excluding hydrogens is 292 g/mol. The molecule has 0 aliphatic carbocycles. The van der Waals surface area contributed by atoms with E-state index >= 15 is 0 Å². The molecule has 1 fully saturated rings. The third kappa shape index (κ3) is 4.76. The van der Waals surface area contributed by atoms with Crippen molar-refractivity contribution in [1.29, 1.82) is 0 Å². The number of nitrogens with one attached hydrogen (secondary N) is 2. The van der Waals surface area contributed by atoms with Crippen LogP contribution in [0.4, 0.5) is 0 Å². The Morgan fingerprint density at radius 3 is 2.95 bits per heavy atom. The fraction of sp³-hybridized carbons (Fsp3) is 0.615. The minimum Gasteiger partial charge on any atom is -0.477 e. The summed E-state index contributed by atoms with van der Waals surface area (Å²) in [5.74, 6) is -1.03. The van der Waals surface area contributed by atoms with Crippen LogP contribution in [0.25, 0.3) is 0 Å². The first-order chi connectivity index (χ1) is 10.1. The molecule has 0 bridgehead atoms. The molecule has 0 unspecified atom stereocenters. The summed E-state index contributed by atoms with van der Waals surface area (Å²) in [4.78, 5) is 29.4. The second kappa shape index (κ2) is 7.48. The molecule has 0 atom stereocenters. The number of rotatable bonds is 5. The zero-order valence-corrected chi connectivity index (χ0v) is 12.8. The minimum absolute atomic E-state index is 0.0540. The number of carbonyl (C=O) groups excluding carboxylic acids is 1. The number of aryl methyl sites for hydroxylation is 1. The number of hydrogen-bond acceptors (Lipinski definition) is 6. The lowest BCUT2D eigenvalue weighted by Gasteiger charge is -2.18. The SMILES string of the molecule is Cc1nc(CNC(=O)CN2CCCNCC2)sc1C(=O)O. The molecule has 8 heteroatoms. The fourth-order valence-electron chi connectivity index (χ4n) is 2.22. The van der Waals surface area contributed by atoms with Gasteiger partial charge in [0, 0.05) is 13.1 Å². The number of carbonyl (C=O) groups is 2. The number of carboxylic acid groups (broad SMARTS) is 1. The van der Waals surface area contributed by atoms with Crippen LogP contribution in [-0.2, 0) is 11.3 Å². The molecule has 0 radical (unpaired) electrons. The van der Waals surface area contributed by atoms with Crippen LogP contribution in [0.1, 0.15) is 26.8 Å². The molecule has 2 heterocycles. The maximum absolute atomic E-state index is 11.9. The summed E-state index contributed by atoms with van der Waals surface area (Å²) >= 11 is 1.11. The molecule has 7 nitrogen and oxygen atoms in total. The summed E-state index contributed by atoms with van der Waals surface area (Å²) in [7, 11) is 0. The maximum atomic E-state index is 11.9. The van der Waals surface area contributed by atoms with Crippen molar-refractivity contribution in [2.45, 2.75) is 19.9 Å². The second-order valence-electron chi connectivity index (χ2n) is 4.98. The highest BCUT2D eigenvalue weighted by Gasteiger charge is 2.16. The van der Waals surface area contributed by atoms with E-state index < -0.39 is 5.97 Å². The summed E-state index contributed by atoms with van der Waals surface area (Å²) in [5, 5.41) is 15.7. The van der Waals surface area contributed by atoms with Crippen LogP contribution in [0, 0.1) is 6.92 Å². The molecule has 0 saturated carbocycles. The molecule has 1 aliphatic heterocycles. The molecule has 116 valence electrons. The largest absolute Gasteiger partial charge is 0.477 e.